The zero-order valence-electron chi connectivity index (χ0n) is 10.4. The van der Waals surface area contributed by atoms with Gasteiger partial charge in [0.2, 0.25) is 0 Å². The largest absolute Gasteiger partial charge is 0.396 e. The van der Waals surface area contributed by atoms with E-state index in [2.05, 4.69) is 34.8 Å². The number of fused-ring (bicyclic) bond motifs is 1. The molecule has 0 saturated heterocycles. The molecule has 2 fully saturated rings. The van der Waals surface area contributed by atoms with Crippen molar-refractivity contribution in [1.29, 1.82) is 0 Å². The Labute approximate surface area is 107 Å². The second-order valence-corrected chi connectivity index (χ2v) is 6.40. The molecule has 2 heteroatoms. The average molecular weight is 287 g/mol. The van der Waals surface area contributed by atoms with Gasteiger partial charge in [-0.15, -0.1) is 0 Å². The van der Waals surface area contributed by atoms with Crippen LogP contribution in [-0.2, 0) is 0 Å². The van der Waals surface area contributed by atoms with Crippen LogP contribution in [0.25, 0.3) is 0 Å². The predicted molar refractivity (Wildman–Crippen MR) is 71.4 cm³/mol. The number of halogens is 1. The summed E-state index contributed by atoms with van der Waals surface area (Å²) in [6.07, 6.45) is 6.55. The van der Waals surface area contributed by atoms with Crippen LogP contribution in [0.5, 0.6) is 0 Å². The summed E-state index contributed by atoms with van der Waals surface area (Å²) in [5.74, 6) is 1.94. The van der Waals surface area contributed by atoms with Crippen molar-refractivity contribution in [2.45, 2.75) is 46.0 Å². The van der Waals surface area contributed by atoms with Gasteiger partial charge in [0.05, 0.1) is 0 Å². The van der Waals surface area contributed by atoms with Gasteiger partial charge in [0.15, 0.2) is 0 Å². The minimum absolute atomic E-state index is 0.348. The topological polar surface area (TPSA) is 20.2 Å². The Morgan fingerprint density at radius 2 is 2.31 bits per heavy atom. The van der Waals surface area contributed by atoms with Gasteiger partial charge in [-0.25, -0.2) is 0 Å². The Hall–Kier alpha value is 0.180. The SMILES string of the molecule is C[C@H](CO)[C@H]1CCC2/C(=C/Br)CCC[C@@]21C. The molecule has 0 bridgehead atoms. The van der Waals surface area contributed by atoms with Gasteiger partial charge in [0.1, 0.15) is 0 Å². The van der Waals surface area contributed by atoms with E-state index in [-0.39, 0.29) is 0 Å². The molecule has 1 N–H and O–H groups in total. The van der Waals surface area contributed by atoms with Crippen molar-refractivity contribution in [2.75, 3.05) is 6.61 Å². The monoisotopic (exact) mass is 286 g/mol. The van der Waals surface area contributed by atoms with Crippen molar-refractivity contribution >= 4 is 15.9 Å². The first-order valence-corrected chi connectivity index (χ1v) is 7.45. The van der Waals surface area contributed by atoms with Crippen molar-refractivity contribution in [3.05, 3.63) is 10.6 Å². The molecular weight excluding hydrogens is 264 g/mol. The summed E-state index contributed by atoms with van der Waals surface area (Å²) in [6.45, 7) is 5.02. The molecule has 0 heterocycles. The third-order valence-electron chi connectivity index (χ3n) is 5.15. The molecule has 0 radical (unpaired) electrons. The van der Waals surface area contributed by atoms with Crippen LogP contribution < -0.4 is 0 Å². The minimum atomic E-state index is 0.348. The number of hydrogen-bond acceptors (Lipinski definition) is 1. The lowest BCUT2D eigenvalue weighted by atomic mass is 9.61. The fourth-order valence-corrected chi connectivity index (χ4v) is 4.82. The Kier molecular flexibility index (Phi) is 3.80. The van der Waals surface area contributed by atoms with E-state index in [0.717, 1.165) is 5.92 Å². The lowest BCUT2D eigenvalue weighted by Gasteiger charge is -2.44. The molecule has 2 aliphatic carbocycles. The fraction of sp³-hybridized carbons (Fsp3) is 0.857. The van der Waals surface area contributed by atoms with Crippen LogP contribution in [-0.4, -0.2) is 11.7 Å². The normalized spacial score (nSPS) is 43.4. The molecule has 92 valence electrons. The van der Waals surface area contributed by atoms with E-state index in [4.69, 9.17) is 0 Å². The summed E-state index contributed by atoms with van der Waals surface area (Å²) in [7, 11) is 0. The van der Waals surface area contributed by atoms with Crippen molar-refractivity contribution in [3.63, 3.8) is 0 Å². The summed E-state index contributed by atoms with van der Waals surface area (Å²) >= 11 is 3.53. The standard InChI is InChI=1S/C14H23BrO/c1-10(9-16)12-5-6-13-11(8-15)4-3-7-14(12,13)2/h8,10,12-13,16H,3-7,9H2,1-2H3/b11-8+/t10-,12-,13?,14-/m1/s1. The van der Waals surface area contributed by atoms with Gasteiger partial charge in [0, 0.05) is 6.61 Å². The van der Waals surface area contributed by atoms with E-state index < -0.39 is 0 Å². The third-order valence-corrected chi connectivity index (χ3v) is 5.74. The van der Waals surface area contributed by atoms with E-state index >= 15 is 0 Å². The van der Waals surface area contributed by atoms with Crippen LogP contribution in [0.1, 0.15) is 46.0 Å². The molecule has 1 unspecified atom stereocenters. The minimum Gasteiger partial charge on any atom is -0.396 e. The maximum absolute atomic E-state index is 9.40. The van der Waals surface area contributed by atoms with Crippen LogP contribution >= 0.6 is 15.9 Å². The van der Waals surface area contributed by atoms with Gasteiger partial charge in [0.25, 0.3) is 0 Å². The molecular formula is C14H23BrO. The van der Waals surface area contributed by atoms with E-state index in [1.54, 1.807) is 5.57 Å². The number of hydrogen-bond donors (Lipinski definition) is 1. The summed E-state index contributed by atoms with van der Waals surface area (Å²) in [6, 6.07) is 0. The molecule has 16 heavy (non-hydrogen) atoms. The van der Waals surface area contributed by atoms with Gasteiger partial charge in [-0.1, -0.05) is 35.4 Å². The van der Waals surface area contributed by atoms with E-state index in [9.17, 15) is 5.11 Å². The molecule has 4 atom stereocenters. The highest BCUT2D eigenvalue weighted by Crippen LogP contribution is 2.59. The van der Waals surface area contributed by atoms with Crippen LogP contribution in [0.3, 0.4) is 0 Å². The first kappa shape index (κ1) is 12.6. The van der Waals surface area contributed by atoms with Gasteiger partial charge in [-0.05, 0) is 60.3 Å². The molecule has 2 aliphatic rings. The number of aliphatic hydroxyl groups is 1. The van der Waals surface area contributed by atoms with Crippen LogP contribution in [0.15, 0.2) is 10.6 Å². The highest BCUT2D eigenvalue weighted by Gasteiger charge is 2.50. The maximum Gasteiger partial charge on any atom is 0.0459 e. The predicted octanol–water partition coefficient (Wildman–Crippen LogP) is 4.11. The summed E-state index contributed by atoms with van der Waals surface area (Å²) in [5, 5.41) is 9.40. The zero-order valence-corrected chi connectivity index (χ0v) is 12.0. The van der Waals surface area contributed by atoms with E-state index in [1.165, 1.54) is 32.1 Å². The van der Waals surface area contributed by atoms with Crippen molar-refractivity contribution < 1.29 is 5.11 Å². The Bertz CT molecular complexity index is 286. The Morgan fingerprint density at radius 3 is 2.94 bits per heavy atom. The fourth-order valence-electron chi connectivity index (χ4n) is 4.27. The molecule has 0 aromatic carbocycles. The molecule has 1 nitrogen and oxygen atoms in total. The Balaban J connectivity index is 2.23. The average Bonchev–Trinajstić information content (AvgIpc) is 2.64. The first-order valence-electron chi connectivity index (χ1n) is 6.53. The van der Waals surface area contributed by atoms with Crippen LogP contribution in [0.4, 0.5) is 0 Å². The first-order chi connectivity index (χ1) is 7.63. The van der Waals surface area contributed by atoms with Gasteiger partial charge < -0.3 is 5.11 Å². The molecule has 2 saturated carbocycles. The number of aliphatic hydroxyl groups excluding tert-OH is 1. The third kappa shape index (κ3) is 1.88. The van der Waals surface area contributed by atoms with Crippen molar-refractivity contribution in [1.82, 2.24) is 0 Å². The van der Waals surface area contributed by atoms with Gasteiger partial charge >= 0.3 is 0 Å². The smallest absolute Gasteiger partial charge is 0.0459 e. The van der Waals surface area contributed by atoms with Crippen molar-refractivity contribution in [3.8, 4) is 0 Å². The lowest BCUT2D eigenvalue weighted by Crippen LogP contribution is -2.36. The lowest BCUT2D eigenvalue weighted by molar-refractivity contribution is 0.0691. The summed E-state index contributed by atoms with van der Waals surface area (Å²) in [4.78, 5) is 2.17. The summed E-state index contributed by atoms with van der Waals surface area (Å²) in [5.41, 5.74) is 2.06. The highest BCUT2D eigenvalue weighted by molar-refractivity contribution is 9.11. The molecule has 2 rings (SSSR count). The van der Waals surface area contributed by atoms with E-state index in [0.29, 0.717) is 23.9 Å². The second-order valence-electron chi connectivity index (χ2n) is 5.94. The highest BCUT2D eigenvalue weighted by atomic mass is 79.9. The van der Waals surface area contributed by atoms with Gasteiger partial charge in [-0.3, -0.25) is 0 Å². The molecule has 0 spiro atoms. The summed E-state index contributed by atoms with van der Waals surface area (Å²) < 4.78 is 0. The number of rotatable bonds is 2. The van der Waals surface area contributed by atoms with Crippen LogP contribution in [0.2, 0.25) is 0 Å². The van der Waals surface area contributed by atoms with E-state index in [1.807, 2.05) is 0 Å². The van der Waals surface area contributed by atoms with Gasteiger partial charge in [-0.2, -0.15) is 0 Å². The quantitative estimate of drug-likeness (QED) is 0.810. The van der Waals surface area contributed by atoms with Crippen molar-refractivity contribution in [2.24, 2.45) is 23.2 Å². The maximum atomic E-state index is 9.40. The molecule has 0 aromatic heterocycles. The Morgan fingerprint density at radius 1 is 1.56 bits per heavy atom. The molecule has 0 aromatic rings. The van der Waals surface area contributed by atoms with Crippen LogP contribution in [0, 0.1) is 23.2 Å². The molecule has 0 aliphatic heterocycles. The number of allylic oxidation sites excluding steroid dienone is 1. The zero-order chi connectivity index (χ0) is 11.8. The second kappa shape index (κ2) is 4.81. The molecule has 0 amide bonds.